The normalized spacial score (nSPS) is 41.6. The molecule has 0 aromatic rings. The first-order valence-electron chi connectivity index (χ1n) is 6.87. The van der Waals surface area contributed by atoms with Gasteiger partial charge in [-0.2, -0.15) is 0 Å². The summed E-state index contributed by atoms with van der Waals surface area (Å²) in [7, 11) is 2.18. The molecule has 0 bridgehead atoms. The van der Waals surface area contributed by atoms with Crippen LogP contribution in [-0.2, 0) is 0 Å². The number of hydrogen-bond donors (Lipinski definition) is 2. The van der Waals surface area contributed by atoms with E-state index in [2.05, 4.69) is 27.1 Å². The maximum absolute atomic E-state index is 6.32. The first kappa shape index (κ1) is 11.9. The summed E-state index contributed by atoms with van der Waals surface area (Å²) in [4.78, 5) is 7.57. The number of fused-ring (bicyclic) bond motifs is 1. The molecule has 3 N–H and O–H groups in total. The van der Waals surface area contributed by atoms with E-state index in [1.807, 2.05) is 0 Å². The lowest BCUT2D eigenvalue weighted by Crippen LogP contribution is -2.62. The lowest BCUT2D eigenvalue weighted by molar-refractivity contribution is 0.0387. The molecule has 17 heavy (non-hydrogen) atoms. The third-order valence-corrected chi connectivity index (χ3v) is 4.62. The Kier molecular flexibility index (Phi) is 3.36. The van der Waals surface area contributed by atoms with E-state index < -0.39 is 0 Å². The topological polar surface area (TPSA) is 47.8 Å². The van der Waals surface area contributed by atoms with E-state index in [-0.39, 0.29) is 0 Å². The van der Waals surface area contributed by atoms with Crippen LogP contribution in [0.5, 0.6) is 0 Å². The summed E-state index contributed by atoms with van der Waals surface area (Å²) in [6, 6.07) is 1.65. The predicted octanol–water partition coefficient (Wildman–Crippen LogP) is -1.44. The second-order valence-electron chi connectivity index (χ2n) is 5.86. The predicted molar refractivity (Wildman–Crippen MR) is 68.8 cm³/mol. The second-order valence-corrected chi connectivity index (χ2v) is 5.86. The van der Waals surface area contributed by atoms with Crippen molar-refractivity contribution in [2.45, 2.75) is 24.5 Å². The number of piperidine rings is 1. The van der Waals surface area contributed by atoms with Crippen LogP contribution in [0.2, 0.25) is 0 Å². The zero-order chi connectivity index (χ0) is 11.8. The second kappa shape index (κ2) is 4.82. The summed E-state index contributed by atoms with van der Waals surface area (Å²) >= 11 is 0. The average Bonchev–Trinajstić information content (AvgIpc) is 2.75. The summed E-state index contributed by atoms with van der Waals surface area (Å²) in [5, 5.41) is 3.47. The molecular weight excluding hydrogens is 214 g/mol. The summed E-state index contributed by atoms with van der Waals surface area (Å²) in [6.07, 6.45) is 1.23. The quantitative estimate of drug-likeness (QED) is 0.587. The minimum absolute atomic E-state index is 0.328. The van der Waals surface area contributed by atoms with Crippen LogP contribution in [0.25, 0.3) is 0 Å². The molecule has 3 rings (SSSR count). The maximum Gasteiger partial charge on any atom is 0.0485 e. The van der Waals surface area contributed by atoms with Crippen LogP contribution in [0.4, 0.5) is 0 Å². The van der Waals surface area contributed by atoms with E-state index in [4.69, 9.17) is 5.73 Å². The van der Waals surface area contributed by atoms with E-state index in [0.29, 0.717) is 12.1 Å². The van der Waals surface area contributed by atoms with Crippen LogP contribution >= 0.6 is 0 Å². The van der Waals surface area contributed by atoms with Gasteiger partial charge in [0.15, 0.2) is 0 Å². The van der Waals surface area contributed by atoms with Gasteiger partial charge in [0.05, 0.1) is 0 Å². The van der Waals surface area contributed by atoms with E-state index in [1.165, 1.54) is 32.6 Å². The van der Waals surface area contributed by atoms with Crippen LogP contribution in [0.3, 0.4) is 0 Å². The van der Waals surface area contributed by atoms with E-state index >= 15 is 0 Å². The van der Waals surface area contributed by atoms with E-state index in [1.54, 1.807) is 0 Å². The lowest BCUT2D eigenvalue weighted by atomic mass is 9.97. The molecule has 5 heteroatoms. The summed E-state index contributed by atoms with van der Waals surface area (Å²) in [5.74, 6) is 0. The van der Waals surface area contributed by atoms with Gasteiger partial charge < -0.3 is 16.0 Å². The van der Waals surface area contributed by atoms with Crippen molar-refractivity contribution >= 4 is 0 Å². The fourth-order valence-corrected chi connectivity index (χ4v) is 3.59. The Morgan fingerprint density at radius 2 is 1.94 bits per heavy atom. The fourth-order valence-electron chi connectivity index (χ4n) is 3.59. The number of likely N-dealkylation sites (tertiary alicyclic amines) is 1. The number of nitrogens with two attached hydrogens (primary N) is 1. The SMILES string of the molecule is CN1CCC(N2CCN3CNCC3C2)C(N)C1. The highest BCUT2D eigenvalue weighted by Crippen LogP contribution is 2.20. The van der Waals surface area contributed by atoms with Crippen LogP contribution in [0.1, 0.15) is 6.42 Å². The Hall–Kier alpha value is -0.200. The Morgan fingerprint density at radius 1 is 1.12 bits per heavy atom. The van der Waals surface area contributed by atoms with Crippen molar-refractivity contribution in [2.75, 3.05) is 53.0 Å². The molecule has 3 aliphatic rings. The molecule has 5 nitrogen and oxygen atoms in total. The zero-order valence-corrected chi connectivity index (χ0v) is 10.8. The number of nitrogens with zero attached hydrogens (tertiary/aromatic N) is 3. The van der Waals surface area contributed by atoms with Crippen molar-refractivity contribution in [1.29, 1.82) is 0 Å². The van der Waals surface area contributed by atoms with Gasteiger partial charge >= 0.3 is 0 Å². The monoisotopic (exact) mass is 239 g/mol. The van der Waals surface area contributed by atoms with Crippen LogP contribution in [0.15, 0.2) is 0 Å². The maximum atomic E-state index is 6.32. The molecule has 0 saturated carbocycles. The molecule has 3 unspecified atom stereocenters. The highest BCUT2D eigenvalue weighted by molar-refractivity contribution is 4.95. The molecule has 0 spiro atoms. The minimum Gasteiger partial charge on any atom is -0.325 e. The Morgan fingerprint density at radius 3 is 2.76 bits per heavy atom. The number of rotatable bonds is 1. The van der Waals surface area contributed by atoms with Crippen LogP contribution < -0.4 is 11.1 Å². The van der Waals surface area contributed by atoms with Crippen molar-refractivity contribution in [2.24, 2.45) is 5.73 Å². The zero-order valence-electron chi connectivity index (χ0n) is 10.8. The Labute approximate surface area is 104 Å². The molecule has 0 aromatic heterocycles. The van der Waals surface area contributed by atoms with Crippen molar-refractivity contribution in [1.82, 2.24) is 20.0 Å². The van der Waals surface area contributed by atoms with Crippen LogP contribution in [0, 0.1) is 0 Å². The van der Waals surface area contributed by atoms with Crippen molar-refractivity contribution in [3.8, 4) is 0 Å². The molecule has 3 heterocycles. The number of nitrogens with one attached hydrogen (secondary N) is 1. The number of likely N-dealkylation sites (N-methyl/N-ethyl adjacent to an activating group) is 1. The van der Waals surface area contributed by atoms with Gasteiger partial charge in [-0.05, 0) is 20.0 Å². The molecule has 3 atom stereocenters. The molecule has 0 aromatic carbocycles. The molecule has 98 valence electrons. The summed E-state index contributed by atoms with van der Waals surface area (Å²) in [6.45, 7) is 8.08. The molecule has 3 fully saturated rings. The third kappa shape index (κ3) is 2.35. The molecule has 0 radical (unpaired) electrons. The number of hydrogen-bond acceptors (Lipinski definition) is 5. The largest absolute Gasteiger partial charge is 0.325 e. The first-order chi connectivity index (χ1) is 8.24. The molecule has 0 aliphatic carbocycles. The Balaban J connectivity index is 1.61. The highest BCUT2D eigenvalue weighted by atomic mass is 15.4. The molecule has 3 aliphatic heterocycles. The van der Waals surface area contributed by atoms with Crippen LogP contribution in [-0.4, -0.2) is 85.8 Å². The number of piperazine rings is 1. The average molecular weight is 239 g/mol. The first-order valence-corrected chi connectivity index (χ1v) is 6.87. The fraction of sp³-hybridized carbons (Fsp3) is 1.00. The molecule has 3 saturated heterocycles. The van der Waals surface area contributed by atoms with Gasteiger partial charge in [-0.3, -0.25) is 9.80 Å². The standard InChI is InChI=1S/C12H25N5/c1-15-3-2-12(11(13)8-15)16-4-5-17-9-14-6-10(17)7-16/h10-12,14H,2-9,13H2,1H3. The highest BCUT2D eigenvalue weighted by Gasteiger charge is 2.36. The van der Waals surface area contributed by atoms with Gasteiger partial charge in [-0.15, -0.1) is 0 Å². The van der Waals surface area contributed by atoms with Gasteiger partial charge in [-0.25, -0.2) is 0 Å². The third-order valence-electron chi connectivity index (χ3n) is 4.62. The van der Waals surface area contributed by atoms with Gasteiger partial charge in [0.2, 0.25) is 0 Å². The van der Waals surface area contributed by atoms with Gasteiger partial charge in [0.25, 0.3) is 0 Å². The molecular formula is C12H25N5. The van der Waals surface area contributed by atoms with Crippen molar-refractivity contribution < 1.29 is 0 Å². The van der Waals surface area contributed by atoms with Crippen molar-refractivity contribution in [3.63, 3.8) is 0 Å². The smallest absolute Gasteiger partial charge is 0.0485 e. The minimum atomic E-state index is 0.328. The van der Waals surface area contributed by atoms with Gasteiger partial charge in [-0.1, -0.05) is 0 Å². The van der Waals surface area contributed by atoms with Gasteiger partial charge in [0, 0.05) is 57.5 Å². The van der Waals surface area contributed by atoms with E-state index in [0.717, 1.165) is 25.8 Å². The summed E-state index contributed by atoms with van der Waals surface area (Å²) in [5.41, 5.74) is 6.32. The Bertz CT molecular complexity index is 272. The van der Waals surface area contributed by atoms with Crippen molar-refractivity contribution in [3.05, 3.63) is 0 Å². The van der Waals surface area contributed by atoms with E-state index in [9.17, 15) is 0 Å². The lowest BCUT2D eigenvalue weighted by Gasteiger charge is -2.46. The molecule has 0 amide bonds. The van der Waals surface area contributed by atoms with Gasteiger partial charge in [0.1, 0.15) is 0 Å². The summed E-state index contributed by atoms with van der Waals surface area (Å²) < 4.78 is 0.